The van der Waals surface area contributed by atoms with Crippen LogP contribution in [0.1, 0.15) is 11.7 Å². The number of nitrogens with zero attached hydrogens (tertiary/aromatic N) is 2. The number of azo groups is 1. The Bertz CT molecular complexity index is 566. The average molecular weight is 288 g/mol. The first-order valence-corrected chi connectivity index (χ1v) is 6.14. The Morgan fingerprint density at radius 3 is 2.71 bits per heavy atom. The molecule has 0 saturated carbocycles. The van der Waals surface area contributed by atoms with Gasteiger partial charge in [0.2, 0.25) is 0 Å². The number of rotatable bonds is 1. The maximum atomic E-state index is 4.27. The van der Waals surface area contributed by atoms with Crippen LogP contribution in [-0.4, -0.2) is 0 Å². The van der Waals surface area contributed by atoms with Crippen molar-refractivity contribution >= 4 is 27.3 Å². The van der Waals surface area contributed by atoms with Crippen molar-refractivity contribution in [1.82, 2.24) is 0 Å². The first-order valence-electron chi connectivity index (χ1n) is 5.35. The standard InChI is InChI=1S/C13H10BrN3/c14-10-6-7-11-12(8-10)15-13(17-16-11)9-4-2-1-3-5-9/h1-8,13,15H/t13-/m1/s1. The maximum absolute atomic E-state index is 4.27. The van der Waals surface area contributed by atoms with E-state index in [1.54, 1.807) is 0 Å². The van der Waals surface area contributed by atoms with E-state index in [1.165, 1.54) is 0 Å². The summed E-state index contributed by atoms with van der Waals surface area (Å²) in [5, 5.41) is 11.9. The lowest BCUT2D eigenvalue weighted by molar-refractivity contribution is 0.762. The summed E-state index contributed by atoms with van der Waals surface area (Å²) in [4.78, 5) is 0. The highest BCUT2D eigenvalue weighted by Crippen LogP contribution is 2.36. The van der Waals surface area contributed by atoms with Crippen LogP contribution in [0.2, 0.25) is 0 Å². The second kappa shape index (κ2) is 4.30. The third-order valence-corrected chi connectivity index (χ3v) is 3.14. The first kappa shape index (κ1) is 10.5. The topological polar surface area (TPSA) is 36.8 Å². The van der Waals surface area contributed by atoms with Crippen LogP contribution in [0.4, 0.5) is 11.4 Å². The highest BCUT2D eigenvalue weighted by atomic mass is 79.9. The molecular formula is C13H10BrN3. The molecule has 0 saturated heterocycles. The molecular weight excluding hydrogens is 278 g/mol. The third kappa shape index (κ3) is 2.08. The molecule has 3 rings (SSSR count). The van der Waals surface area contributed by atoms with E-state index in [1.807, 2.05) is 48.5 Å². The van der Waals surface area contributed by atoms with Gasteiger partial charge in [0.05, 0.1) is 5.69 Å². The zero-order chi connectivity index (χ0) is 11.7. The van der Waals surface area contributed by atoms with Gasteiger partial charge in [-0.05, 0) is 23.8 Å². The van der Waals surface area contributed by atoms with Gasteiger partial charge in [-0.25, -0.2) is 0 Å². The van der Waals surface area contributed by atoms with Crippen molar-refractivity contribution in [3.8, 4) is 0 Å². The molecule has 0 unspecified atom stereocenters. The van der Waals surface area contributed by atoms with Crippen molar-refractivity contribution in [2.24, 2.45) is 10.2 Å². The Hall–Kier alpha value is -1.68. The van der Waals surface area contributed by atoms with Crippen LogP contribution in [0.5, 0.6) is 0 Å². The fraction of sp³-hybridized carbons (Fsp3) is 0.0769. The van der Waals surface area contributed by atoms with E-state index in [-0.39, 0.29) is 6.17 Å². The maximum Gasteiger partial charge on any atom is 0.166 e. The number of benzene rings is 2. The van der Waals surface area contributed by atoms with E-state index < -0.39 is 0 Å². The van der Waals surface area contributed by atoms with Gasteiger partial charge in [-0.3, -0.25) is 0 Å². The summed E-state index contributed by atoms with van der Waals surface area (Å²) in [7, 11) is 0. The minimum Gasteiger partial charge on any atom is -0.357 e. The van der Waals surface area contributed by atoms with Gasteiger partial charge in [0.25, 0.3) is 0 Å². The van der Waals surface area contributed by atoms with Gasteiger partial charge in [-0.1, -0.05) is 46.3 Å². The average Bonchev–Trinajstić information content (AvgIpc) is 2.39. The lowest BCUT2D eigenvalue weighted by Crippen LogP contribution is -2.10. The lowest BCUT2D eigenvalue weighted by atomic mass is 10.1. The molecule has 4 heteroatoms. The predicted molar refractivity (Wildman–Crippen MR) is 71.5 cm³/mol. The molecule has 2 aromatic carbocycles. The van der Waals surface area contributed by atoms with Crippen molar-refractivity contribution in [2.45, 2.75) is 6.17 Å². The summed E-state index contributed by atoms with van der Waals surface area (Å²) < 4.78 is 1.03. The van der Waals surface area contributed by atoms with Gasteiger partial charge >= 0.3 is 0 Å². The molecule has 0 bridgehead atoms. The zero-order valence-corrected chi connectivity index (χ0v) is 10.6. The van der Waals surface area contributed by atoms with Crippen LogP contribution in [0.3, 0.4) is 0 Å². The quantitative estimate of drug-likeness (QED) is 0.814. The molecule has 0 aromatic heterocycles. The fourth-order valence-electron chi connectivity index (χ4n) is 1.79. The summed E-state index contributed by atoms with van der Waals surface area (Å²) in [5.74, 6) is 0. The van der Waals surface area contributed by atoms with E-state index in [9.17, 15) is 0 Å². The molecule has 0 radical (unpaired) electrons. The predicted octanol–water partition coefficient (Wildman–Crippen LogP) is 4.66. The van der Waals surface area contributed by atoms with Crippen LogP contribution < -0.4 is 5.32 Å². The molecule has 3 nitrogen and oxygen atoms in total. The highest BCUT2D eigenvalue weighted by Gasteiger charge is 2.16. The summed E-state index contributed by atoms with van der Waals surface area (Å²) in [5.41, 5.74) is 2.99. The monoisotopic (exact) mass is 287 g/mol. The number of hydrogen-bond donors (Lipinski definition) is 1. The van der Waals surface area contributed by atoms with Crippen LogP contribution >= 0.6 is 15.9 Å². The number of fused-ring (bicyclic) bond motifs is 1. The normalized spacial score (nSPS) is 17.4. The Labute approximate surface area is 108 Å². The third-order valence-electron chi connectivity index (χ3n) is 2.65. The number of anilines is 1. The molecule has 2 aromatic rings. The molecule has 1 heterocycles. The molecule has 17 heavy (non-hydrogen) atoms. The smallest absolute Gasteiger partial charge is 0.166 e. The van der Waals surface area contributed by atoms with Crippen molar-refractivity contribution in [1.29, 1.82) is 0 Å². The zero-order valence-electron chi connectivity index (χ0n) is 8.97. The van der Waals surface area contributed by atoms with Crippen molar-refractivity contribution in [3.05, 3.63) is 58.6 Å². The van der Waals surface area contributed by atoms with Crippen molar-refractivity contribution in [2.75, 3.05) is 5.32 Å². The van der Waals surface area contributed by atoms with E-state index >= 15 is 0 Å². The summed E-state index contributed by atoms with van der Waals surface area (Å²) in [6.07, 6.45) is -0.0991. The fourth-order valence-corrected chi connectivity index (χ4v) is 2.15. The second-order valence-corrected chi connectivity index (χ2v) is 4.75. The Morgan fingerprint density at radius 2 is 1.88 bits per heavy atom. The van der Waals surface area contributed by atoms with E-state index in [2.05, 4.69) is 31.5 Å². The Balaban J connectivity index is 1.95. The minimum atomic E-state index is -0.0991. The molecule has 0 spiro atoms. The minimum absolute atomic E-state index is 0.0991. The molecule has 1 aliphatic heterocycles. The largest absolute Gasteiger partial charge is 0.357 e. The molecule has 0 fully saturated rings. The van der Waals surface area contributed by atoms with Crippen LogP contribution in [0.15, 0.2) is 63.2 Å². The molecule has 1 atom stereocenters. The highest BCUT2D eigenvalue weighted by molar-refractivity contribution is 9.10. The van der Waals surface area contributed by atoms with Gasteiger partial charge in [-0.15, -0.1) is 0 Å². The van der Waals surface area contributed by atoms with Gasteiger partial charge in [0.1, 0.15) is 5.69 Å². The number of nitrogens with one attached hydrogen (secondary N) is 1. The summed E-state index contributed by atoms with van der Waals surface area (Å²) in [6.45, 7) is 0. The van der Waals surface area contributed by atoms with Gasteiger partial charge in [0.15, 0.2) is 6.17 Å². The first-order chi connectivity index (χ1) is 8.33. The van der Waals surface area contributed by atoms with Gasteiger partial charge in [-0.2, -0.15) is 10.2 Å². The van der Waals surface area contributed by atoms with Crippen LogP contribution in [-0.2, 0) is 0 Å². The van der Waals surface area contributed by atoms with Gasteiger partial charge < -0.3 is 5.32 Å². The van der Waals surface area contributed by atoms with E-state index in [4.69, 9.17) is 0 Å². The van der Waals surface area contributed by atoms with Crippen LogP contribution in [0, 0.1) is 0 Å². The Morgan fingerprint density at radius 1 is 1.06 bits per heavy atom. The van der Waals surface area contributed by atoms with E-state index in [0.717, 1.165) is 21.4 Å². The SMILES string of the molecule is Brc1ccc2c(c1)N[C@@H](c1ccccc1)N=N2. The van der Waals surface area contributed by atoms with Crippen molar-refractivity contribution in [3.63, 3.8) is 0 Å². The number of halogens is 1. The van der Waals surface area contributed by atoms with Crippen LogP contribution in [0.25, 0.3) is 0 Å². The van der Waals surface area contributed by atoms with Gasteiger partial charge in [0, 0.05) is 4.47 Å². The summed E-state index contributed by atoms with van der Waals surface area (Å²) in [6, 6.07) is 16.0. The second-order valence-electron chi connectivity index (χ2n) is 3.83. The molecule has 0 aliphatic carbocycles. The lowest BCUT2D eigenvalue weighted by Gasteiger charge is -2.20. The Kier molecular flexibility index (Phi) is 2.65. The molecule has 84 valence electrons. The molecule has 1 aliphatic rings. The molecule has 0 amide bonds. The van der Waals surface area contributed by atoms with E-state index in [0.29, 0.717) is 0 Å². The molecule has 1 N–H and O–H groups in total. The summed E-state index contributed by atoms with van der Waals surface area (Å²) >= 11 is 3.45. The number of hydrogen-bond acceptors (Lipinski definition) is 3. The van der Waals surface area contributed by atoms with Crippen molar-refractivity contribution < 1.29 is 0 Å².